The van der Waals surface area contributed by atoms with Crippen LogP contribution in [0.2, 0.25) is 0 Å². The highest BCUT2D eigenvalue weighted by Gasteiger charge is 2.15. The van der Waals surface area contributed by atoms with Crippen molar-refractivity contribution in [2.45, 2.75) is 11.8 Å². The van der Waals surface area contributed by atoms with Crippen LogP contribution in [0.15, 0.2) is 56.6 Å². The molecule has 1 amide bonds. The molecule has 23 heavy (non-hydrogen) atoms. The second-order valence-corrected chi connectivity index (χ2v) is 6.52. The molecule has 3 aromatic rings. The van der Waals surface area contributed by atoms with Gasteiger partial charge < -0.3 is 9.73 Å². The molecule has 0 saturated heterocycles. The highest BCUT2D eigenvalue weighted by atomic mass is 32.2. The van der Waals surface area contributed by atoms with Crippen LogP contribution < -0.4 is 11.1 Å². The molecule has 0 aliphatic rings. The van der Waals surface area contributed by atoms with Gasteiger partial charge >= 0.3 is 5.76 Å². The third-order valence-corrected chi connectivity index (χ3v) is 4.69. The number of aromatic nitrogens is 1. The standard InChI is InChI=1S/C16H14N2O4S/c1-2-23(21)14-6-4-3-5-11(14)15(19)17-10-7-8-13-12(9-10)18-16(20)22-13/h3-9H,2H2,1H3,(H,17,19)(H,18,20). The Labute approximate surface area is 134 Å². The van der Waals surface area contributed by atoms with Crippen molar-refractivity contribution in [3.05, 3.63) is 58.6 Å². The number of carbonyl (C=O) groups is 1. The van der Waals surface area contributed by atoms with Crippen molar-refractivity contribution in [1.82, 2.24) is 4.98 Å². The van der Waals surface area contributed by atoms with E-state index in [9.17, 15) is 13.8 Å². The Kier molecular flexibility index (Phi) is 4.12. The zero-order valence-electron chi connectivity index (χ0n) is 12.3. The summed E-state index contributed by atoms with van der Waals surface area (Å²) in [6.07, 6.45) is 0. The second-order valence-electron chi connectivity index (χ2n) is 4.81. The first kappa shape index (κ1) is 15.2. The first-order valence-corrected chi connectivity index (χ1v) is 8.32. The molecule has 1 heterocycles. The van der Waals surface area contributed by atoms with Gasteiger partial charge in [-0.25, -0.2) is 4.79 Å². The van der Waals surface area contributed by atoms with Crippen LogP contribution in [0.4, 0.5) is 5.69 Å². The Hall–Kier alpha value is -2.67. The van der Waals surface area contributed by atoms with Gasteiger partial charge in [-0.05, 0) is 30.3 Å². The minimum absolute atomic E-state index is 0.354. The lowest BCUT2D eigenvalue weighted by Gasteiger charge is -2.09. The van der Waals surface area contributed by atoms with Crippen LogP contribution in [-0.4, -0.2) is 20.9 Å². The summed E-state index contributed by atoms with van der Waals surface area (Å²) in [6.45, 7) is 1.80. The Balaban J connectivity index is 1.91. The predicted octanol–water partition coefficient (Wildman–Crippen LogP) is 2.50. The number of hydrogen-bond acceptors (Lipinski definition) is 4. The average molecular weight is 330 g/mol. The molecule has 1 aromatic heterocycles. The largest absolute Gasteiger partial charge is 0.417 e. The molecule has 0 spiro atoms. The molecule has 1 unspecified atom stereocenters. The van der Waals surface area contributed by atoms with E-state index in [2.05, 4.69) is 10.3 Å². The maximum absolute atomic E-state index is 12.5. The van der Waals surface area contributed by atoms with Crippen molar-refractivity contribution < 1.29 is 13.4 Å². The second kappa shape index (κ2) is 6.21. The summed E-state index contributed by atoms with van der Waals surface area (Å²) in [4.78, 5) is 26.6. The third-order valence-electron chi connectivity index (χ3n) is 3.32. The first-order chi connectivity index (χ1) is 11.1. The summed E-state index contributed by atoms with van der Waals surface area (Å²) in [5, 5.41) is 2.74. The molecule has 7 heteroatoms. The van der Waals surface area contributed by atoms with Crippen LogP contribution in [0.1, 0.15) is 17.3 Å². The van der Waals surface area contributed by atoms with Gasteiger partial charge in [0.2, 0.25) is 0 Å². The number of anilines is 1. The van der Waals surface area contributed by atoms with Crippen LogP contribution in [0.25, 0.3) is 11.1 Å². The van der Waals surface area contributed by atoms with Crippen molar-refractivity contribution in [2.75, 3.05) is 11.1 Å². The molecule has 0 saturated carbocycles. The molecule has 2 aromatic carbocycles. The number of nitrogens with one attached hydrogen (secondary N) is 2. The quantitative estimate of drug-likeness (QED) is 0.769. The topological polar surface area (TPSA) is 92.2 Å². The fourth-order valence-electron chi connectivity index (χ4n) is 2.24. The lowest BCUT2D eigenvalue weighted by Crippen LogP contribution is -2.15. The van der Waals surface area contributed by atoms with E-state index in [1.54, 1.807) is 49.4 Å². The highest BCUT2D eigenvalue weighted by molar-refractivity contribution is 7.85. The number of amides is 1. The van der Waals surface area contributed by atoms with Gasteiger partial charge in [-0.1, -0.05) is 19.1 Å². The van der Waals surface area contributed by atoms with Crippen LogP contribution in [0.3, 0.4) is 0 Å². The van der Waals surface area contributed by atoms with Crippen LogP contribution in [-0.2, 0) is 10.8 Å². The van der Waals surface area contributed by atoms with Crippen LogP contribution >= 0.6 is 0 Å². The molecular formula is C16H14N2O4S. The van der Waals surface area contributed by atoms with Gasteiger partial charge in [0.1, 0.15) is 0 Å². The van der Waals surface area contributed by atoms with E-state index >= 15 is 0 Å². The Bertz CT molecular complexity index is 958. The fourth-order valence-corrected chi connectivity index (χ4v) is 3.18. The SMILES string of the molecule is CCS(=O)c1ccccc1C(=O)Nc1ccc2oc(=O)[nH]c2c1. The van der Waals surface area contributed by atoms with E-state index < -0.39 is 16.6 Å². The van der Waals surface area contributed by atoms with Gasteiger partial charge in [-0.15, -0.1) is 0 Å². The Morgan fingerprint density at radius 2 is 2.04 bits per heavy atom. The maximum Gasteiger partial charge on any atom is 0.417 e. The summed E-state index contributed by atoms with van der Waals surface area (Å²) in [6, 6.07) is 11.6. The van der Waals surface area contributed by atoms with Gasteiger partial charge in [0.15, 0.2) is 5.58 Å². The molecule has 0 aliphatic heterocycles. The zero-order chi connectivity index (χ0) is 16.4. The summed E-state index contributed by atoms with van der Waals surface area (Å²) < 4.78 is 17.0. The van der Waals surface area contributed by atoms with Crippen molar-refractivity contribution >= 4 is 33.5 Å². The average Bonchev–Trinajstić information content (AvgIpc) is 2.93. The van der Waals surface area contributed by atoms with Crippen molar-refractivity contribution in [3.63, 3.8) is 0 Å². The van der Waals surface area contributed by atoms with Crippen molar-refractivity contribution in [3.8, 4) is 0 Å². The molecule has 2 N–H and O–H groups in total. The van der Waals surface area contributed by atoms with Crippen LogP contribution in [0.5, 0.6) is 0 Å². The van der Waals surface area contributed by atoms with E-state index in [0.29, 0.717) is 33.0 Å². The Morgan fingerprint density at radius 1 is 1.26 bits per heavy atom. The first-order valence-electron chi connectivity index (χ1n) is 7.00. The van der Waals surface area contributed by atoms with E-state index in [4.69, 9.17) is 4.42 Å². The summed E-state index contributed by atoms with van der Waals surface area (Å²) in [7, 11) is -1.22. The van der Waals surface area contributed by atoms with E-state index in [-0.39, 0.29) is 5.91 Å². The fraction of sp³-hybridized carbons (Fsp3) is 0.125. The maximum atomic E-state index is 12.5. The highest BCUT2D eigenvalue weighted by Crippen LogP contribution is 2.19. The molecular weight excluding hydrogens is 316 g/mol. The van der Waals surface area contributed by atoms with E-state index in [0.717, 1.165) is 0 Å². The van der Waals surface area contributed by atoms with Gasteiger partial charge in [0.05, 0.1) is 26.8 Å². The number of rotatable bonds is 4. The Morgan fingerprint density at radius 3 is 2.83 bits per heavy atom. The van der Waals surface area contributed by atoms with Gasteiger partial charge in [0.25, 0.3) is 5.91 Å². The minimum atomic E-state index is -1.22. The number of hydrogen-bond donors (Lipinski definition) is 2. The van der Waals surface area contributed by atoms with Crippen LogP contribution in [0, 0.1) is 0 Å². The summed E-state index contributed by atoms with van der Waals surface area (Å²) >= 11 is 0. The lowest BCUT2D eigenvalue weighted by atomic mass is 10.2. The predicted molar refractivity (Wildman–Crippen MR) is 88.2 cm³/mol. The smallest absolute Gasteiger partial charge is 0.408 e. The number of fused-ring (bicyclic) bond motifs is 1. The number of aromatic amines is 1. The molecule has 1 atom stereocenters. The van der Waals surface area contributed by atoms with Gasteiger partial charge in [-0.3, -0.25) is 14.0 Å². The van der Waals surface area contributed by atoms with Gasteiger partial charge in [-0.2, -0.15) is 0 Å². The van der Waals surface area contributed by atoms with E-state index in [1.807, 2.05) is 0 Å². The van der Waals surface area contributed by atoms with Crippen molar-refractivity contribution in [1.29, 1.82) is 0 Å². The lowest BCUT2D eigenvalue weighted by molar-refractivity contribution is 0.102. The number of H-pyrrole nitrogens is 1. The molecule has 0 radical (unpaired) electrons. The summed E-state index contributed by atoms with van der Waals surface area (Å²) in [5.74, 6) is -0.466. The monoisotopic (exact) mass is 330 g/mol. The van der Waals surface area contributed by atoms with Gasteiger partial charge in [0, 0.05) is 11.4 Å². The summed E-state index contributed by atoms with van der Waals surface area (Å²) in [5.41, 5.74) is 1.80. The molecule has 118 valence electrons. The minimum Gasteiger partial charge on any atom is -0.408 e. The number of oxazole rings is 1. The number of benzene rings is 2. The molecule has 3 rings (SSSR count). The zero-order valence-corrected chi connectivity index (χ0v) is 13.1. The molecule has 0 fully saturated rings. The van der Waals surface area contributed by atoms with Crippen molar-refractivity contribution in [2.24, 2.45) is 0 Å². The third kappa shape index (κ3) is 3.09. The molecule has 0 bridgehead atoms. The number of carbonyl (C=O) groups excluding carboxylic acids is 1. The molecule has 0 aliphatic carbocycles. The van der Waals surface area contributed by atoms with E-state index in [1.165, 1.54) is 0 Å². The normalized spacial score (nSPS) is 12.2. The molecule has 6 nitrogen and oxygen atoms in total.